The smallest absolute Gasteiger partial charge is 0.138 e. The van der Waals surface area contributed by atoms with Gasteiger partial charge in [-0.2, -0.15) is 0 Å². The zero-order valence-corrected chi connectivity index (χ0v) is 21.8. The Bertz CT molecular complexity index is 1560. The van der Waals surface area contributed by atoms with E-state index < -0.39 is 7.92 Å². The van der Waals surface area contributed by atoms with Crippen molar-refractivity contribution in [3.8, 4) is 11.1 Å². The van der Waals surface area contributed by atoms with Gasteiger partial charge in [0.15, 0.2) is 0 Å². The predicted octanol–water partition coefficient (Wildman–Crippen LogP) is 7.98. The third-order valence-electron chi connectivity index (χ3n) is 6.43. The number of aromatic nitrogens is 1. The summed E-state index contributed by atoms with van der Waals surface area (Å²) >= 11 is 0. The number of hydrogen-bond donors (Lipinski definition) is 0. The highest BCUT2D eigenvalue weighted by atomic mass is 31.1. The number of nitrogens with zero attached hydrogens (tertiary/aromatic N) is 2. The fourth-order valence-corrected chi connectivity index (χ4v) is 6.88. The number of anilines is 3. The second-order valence-corrected chi connectivity index (χ2v) is 11.1. The Morgan fingerprint density at radius 1 is 0.421 bits per heavy atom. The van der Waals surface area contributed by atoms with E-state index in [-0.39, 0.29) is 0 Å². The monoisotopic (exact) mass is 506 g/mol. The molecule has 1 aromatic heterocycles. The van der Waals surface area contributed by atoms with Crippen LogP contribution in [0.25, 0.3) is 11.1 Å². The van der Waals surface area contributed by atoms with E-state index in [0.717, 1.165) is 22.6 Å². The van der Waals surface area contributed by atoms with Crippen LogP contribution in [0, 0.1) is 0 Å². The Morgan fingerprint density at radius 3 is 1.55 bits per heavy atom. The largest absolute Gasteiger partial charge is 0.295 e. The fourth-order valence-electron chi connectivity index (χ4n) is 4.67. The molecule has 0 amide bonds. The third kappa shape index (κ3) is 5.13. The fraction of sp³-hybridized carbons (Fsp3) is 0. The molecule has 0 atom stereocenters. The number of pyridine rings is 1. The molecule has 0 aliphatic rings. The van der Waals surface area contributed by atoms with E-state index in [2.05, 4.69) is 169 Å². The maximum Gasteiger partial charge on any atom is 0.138 e. The summed E-state index contributed by atoms with van der Waals surface area (Å²) in [6.45, 7) is 0. The molecule has 0 saturated carbocycles. The zero-order valence-electron chi connectivity index (χ0n) is 20.9. The average molecular weight is 507 g/mol. The Balaban J connectivity index is 1.49. The summed E-state index contributed by atoms with van der Waals surface area (Å²) in [4.78, 5) is 7.59. The molecule has 6 aromatic rings. The SMILES string of the molecule is c1ccc(-c2cccc(N(c3ccccc3)c3cccc(P(c4ccccc4)c4ccccc4)n3)c2)cc1. The standard InChI is InChI=1S/C35H27N2P/c1-5-15-28(16-6-1)29-17-13-20-31(27-29)37(30-18-7-2-8-19-30)34-25-14-26-35(36-34)38(32-21-9-3-10-22-32)33-23-11-4-12-24-33/h1-27H. The molecule has 0 unspecified atom stereocenters. The molecule has 0 fully saturated rings. The summed E-state index contributed by atoms with van der Waals surface area (Å²) in [6.07, 6.45) is 0. The first kappa shape index (κ1) is 23.9. The Labute approximate surface area is 225 Å². The predicted molar refractivity (Wildman–Crippen MR) is 163 cm³/mol. The van der Waals surface area contributed by atoms with Gasteiger partial charge >= 0.3 is 0 Å². The van der Waals surface area contributed by atoms with Gasteiger partial charge in [-0.15, -0.1) is 0 Å². The van der Waals surface area contributed by atoms with Gasteiger partial charge in [0.1, 0.15) is 5.82 Å². The first-order valence-electron chi connectivity index (χ1n) is 12.7. The van der Waals surface area contributed by atoms with Gasteiger partial charge in [-0.1, -0.05) is 127 Å². The van der Waals surface area contributed by atoms with Gasteiger partial charge in [-0.05, 0) is 58.1 Å². The van der Waals surface area contributed by atoms with Crippen molar-refractivity contribution in [1.29, 1.82) is 0 Å². The maximum absolute atomic E-state index is 5.34. The summed E-state index contributed by atoms with van der Waals surface area (Å²) in [7, 11) is -0.805. The van der Waals surface area contributed by atoms with Gasteiger partial charge in [0, 0.05) is 19.3 Å². The van der Waals surface area contributed by atoms with E-state index in [1.165, 1.54) is 21.7 Å². The second-order valence-electron chi connectivity index (χ2n) is 8.95. The molecule has 0 radical (unpaired) electrons. The summed E-state index contributed by atoms with van der Waals surface area (Å²) in [5, 5.41) is 2.58. The van der Waals surface area contributed by atoms with Crippen LogP contribution < -0.4 is 20.9 Å². The first-order valence-corrected chi connectivity index (χ1v) is 14.1. The van der Waals surface area contributed by atoms with Gasteiger partial charge in [-0.25, -0.2) is 4.98 Å². The van der Waals surface area contributed by atoms with Crippen LogP contribution >= 0.6 is 7.92 Å². The lowest BCUT2D eigenvalue weighted by Gasteiger charge is -2.26. The van der Waals surface area contributed by atoms with Gasteiger partial charge in [0.25, 0.3) is 0 Å². The lowest BCUT2D eigenvalue weighted by atomic mass is 10.0. The van der Waals surface area contributed by atoms with Gasteiger partial charge in [-0.3, -0.25) is 4.90 Å². The van der Waals surface area contributed by atoms with Gasteiger partial charge in [0.05, 0.1) is 5.44 Å². The van der Waals surface area contributed by atoms with Crippen LogP contribution in [0.5, 0.6) is 0 Å². The lowest BCUT2D eigenvalue weighted by molar-refractivity contribution is 1.20. The van der Waals surface area contributed by atoms with Crippen molar-refractivity contribution in [3.63, 3.8) is 0 Å². The molecule has 0 saturated heterocycles. The molecular formula is C35H27N2P. The minimum Gasteiger partial charge on any atom is -0.295 e. The zero-order chi connectivity index (χ0) is 25.6. The number of benzene rings is 5. The molecule has 6 rings (SSSR count). The van der Waals surface area contributed by atoms with Crippen molar-refractivity contribution in [2.24, 2.45) is 0 Å². The quantitative estimate of drug-likeness (QED) is 0.204. The highest BCUT2D eigenvalue weighted by Crippen LogP contribution is 2.37. The topological polar surface area (TPSA) is 16.1 Å². The van der Waals surface area contributed by atoms with Gasteiger partial charge < -0.3 is 0 Å². The maximum atomic E-state index is 5.34. The van der Waals surface area contributed by atoms with E-state index in [9.17, 15) is 0 Å². The minimum atomic E-state index is -0.805. The van der Waals surface area contributed by atoms with Crippen LogP contribution in [0.2, 0.25) is 0 Å². The Hall–Kier alpha value is -4.52. The van der Waals surface area contributed by atoms with E-state index in [1.807, 2.05) is 0 Å². The molecule has 1 heterocycles. The molecule has 38 heavy (non-hydrogen) atoms. The van der Waals surface area contributed by atoms with Crippen LogP contribution in [0.15, 0.2) is 164 Å². The normalized spacial score (nSPS) is 10.9. The molecule has 0 spiro atoms. The third-order valence-corrected chi connectivity index (χ3v) is 8.77. The van der Waals surface area contributed by atoms with E-state index in [1.54, 1.807) is 0 Å². The first-order chi connectivity index (χ1) is 18.9. The van der Waals surface area contributed by atoms with Crippen molar-refractivity contribution in [3.05, 3.63) is 164 Å². The molecule has 5 aromatic carbocycles. The molecule has 3 heteroatoms. The van der Waals surface area contributed by atoms with Crippen molar-refractivity contribution < 1.29 is 0 Å². The number of rotatable bonds is 7. The van der Waals surface area contributed by atoms with Crippen LogP contribution in [0.3, 0.4) is 0 Å². The van der Waals surface area contributed by atoms with E-state index in [0.29, 0.717) is 0 Å². The molecule has 0 N–H and O–H groups in total. The Kier molecular flexibility index (Phi) is 7.06. The highest BCUT2D eigenvalue weighted by Gasteiger charge is 2.20. The second kappa shape index (κ2) is 11.3. The summed E-state index contributed by atoms with van der Waals surface area (Å²) in [5.74, 6) is 0.901. The Morgan fingerprint density at radius 2 is 0.921 bits per heavy atom. The van der Waals surface area contributed by atoms with Crippen molar-refractivity contribution in [2.45, 2.75) is 0 Å². The van der Waals surface area contributed by atoms with E-state index >= 15 is 0 Å². The molecule has 2 nitrogen and oxygen atoms in total. The van der Waals surface area contributed by atoms with Crippen molar-refractivity contribution in [2.75, 3.05) is 4.90 Å². The molecule has 0 bridgehead atoms. The van der Waals surface area contributed by atoms with Crippen LogP contribution in [-0.4, -0.2) is 4.98 Å². The van der Waals surface area contributed by atoms with Gasteiger partial charge in [0.2, 0.25) is 0 Å². The van der Waals surface area contributed by atoms with Crippen LogP contribution in [0.4, 0.5) is 17.2 Å². The number of para-hydroxylation sites is 1. The van der Waals surface area contributed by atoms with Crippen LogP contribution in [0.1, 0.15) is 0 Å². The minimum absolute atomic E-state index is 0.805. The molecular weight excluding hydrogens is 479 g/mol. The number of hydrogen-bond acceptors (Lipinski definition) is 2. The molecule has 182 valence electrons. The molecule has 0 aliphatic carbocycles. The lowest BCUT2D eigenvalue weighted by Crippen LogP contribution is -2.24. The van der Waals surface area contributed by atoms with E-state index in [4.69, 9.17) is 4.98 Å². The summed E-state index contributed by atoms with van der Waals surface area (Å²) in [5.41, 5.74) is 5.60. The van der Waals surface area contributed by atoms with Crippen molar-refractivity contribution in [1.82, 2.24) is 4.98 Å². The molecule has 0 aliphatic heterocycles. The summed E-state index contributed by atoms with van der Waals surface area (Å²) in [6, 6.07) is 57.5. The summed E-state index contributed by atoms with van der Waals surface area (Å²) < 4.78 is 0. The van der Waals surface area contributed by atoms with Crippen molar-refractivity contribution >= 4 is 41.2 Å². The highest BCUT2D eigenvalue weighted by molar-refractivity contribution is 7.79. The van der Waals surface area contributed by atoms with Crippen LogP contribution in [-0.2, 0) is 0 Å². The average Bonchev–Trinajstić information content (AvgIpc) is 3.00.